The summed E-state index contributed by atoms with van der Waals surface area (Å²) in [6, 6.07) is 1.35. The van der Waals surface area contributed by atoms with E-state index in [1.165, 1.54) is 6.42 Å². The number of piperidine rings is 1. The minimum atomic E-state index is -0.618. The Bertz CT molecular complexity index is 882. The molecular weight excluding hydrogens is 458 g/mol. The number of hydrogen-bond acceptors (Lipinski definition) is 6. The lowest BCUT2D eigenvalue weighted by Crippen LogP contribution is -2.63. The first kappa shape index (κ1) is 25.8. The molecule has 196 valence electrons. The molecule has 0 aromatic rings. The number of aliphatic hydroxyl groups excluding tert-OH is 1. The van der Waals surface area contributed by atoms with Crippen molar-refractivity contribution in [2.24, 2.45) is 34.0 Å². The van der Waals surface area contributed by atoms with Crippen LogP contribution in [0.15, 0.2) is 12.7 Å². The van der Waals surface area contributed by atoms with Crippen molar-refractivity contribution < 1.29 is 19.4 Å². The van der Waals surface area contributed by atoms with Crippen LogP contribution in [0, 0.1) is 34.0 Å². The fourth-order valence-corrected chi connectivity index (χ4v) is 10.2. The van der Waals surface area contributed by atoms with Gasteiger partial charge < -0.3 is 14.7 Å². The van der Waals surface area contributed by atoms with Gasteiger partial charge in [0.15, 0.2) is 0 Å². The van der Waals surface area contributed by atoms with Gasteiger partial charge in [0.25, 0.3) is 0 Å². The topological polar surface area (TPSA) is 66.8 Å². The molecule has 2 heterocycles. The van der Waals surface area contributed by atoms with Gasteiger partial charge in [-0.3, -0.25) is 9.59 Å². The number of ether oxygens (including phenoxy) is 1. The van der Waals surface area contributed by atoms with Crippen molar-refractivity contribution in [3.8, 4) is 0 Å². The lowest BCUT2D eigenvalue weighted by atomic mass is 9.44. The molecule has 35 heavy (non-hydrogen) atoms. The normalized spacial score (nSPS) is 51.5. The van der Waals surface area contributed by atoms with Crippen LogP contribution in [0.3, 0.4) is 0 Å². The molecule has 2 aliphatic heterocycles. The van der Waals surface area contributed by atoms with Gasteiger partial charge in [-0.2, -0.15) is 0 Å². The predicted octanol–water partition coefficient (Wildman–Crippen LogP) is 4.86. The van der Waals surface area contributed by atoms with Crippen LogP contribution in [0.5, 0.6) is 0 Å². The lowest BCUT2D eigenvalue weighted by molar-refractivity contribution is -0.205. The van der Waals surface area contributed by atoms with Crippen LogP contribution in [0.1, 0.15) is 79.1 Å². The molecule has 2 saturated heterocycles. The van der Waals surface area contributed by atoms with Gasteiger partial charge in [0, 0.05) is 40.5 Å². The number of Topliss-reactive ketones (excluding diaryl/α,β-unsaturated/α-hetero) is 1. The van der Waals surface area contributed by atoms with Crippen LogP contribution >= 0.6 is 11.8 Å². The van der Waals surface area contributed by atoms with E-state index in [2.05, 4.69) is 46.2 Å². The van der Waals surface area contributed by atoms with Crippen LogP contribution in [-0.4, -0.2) is 64.1 Å². The monoisotopic (exact) mass is 503 g/mol. The fraction of sp³-hybridized carbons (Fsp3) is 0.862. The number of fused-ring (bicyclic) bond motifs is 2. The Morgan fingerprint density at radius 2 is 1.91 bits per heavy atom. The number of ketones is 1. The van der Waals surface area contributed by atoms with Crippen LogP contribution in [-0.2, 0) is 14.3 Å². The number of hydrogen-bond donors (Lipinski definition) is 1. The smallest absolute Gasteiger partial charge is 0.316 e. The Balaban J connectivity index is 1.40. The van der Waals surface area contributed by atoms with Crippen molar-refractivity contribution >= 4 is 23.5 Å². The number of carbonyl (C=O) groups is 2. The number of carbonyl (C=O) groups excluding carboxylic acids is 2. The summed E-state index contributed by atoms with van der Waals surface area (Å²) < 4.78 is 6.39. The second-order valence-corrected chi connectivity index (χ2v) is 14.5. The molecule has 1 N–H and O–H groups in total. The summed E-state index contributed by atoms with van der Waals surface area (Å²) in [5, 5.41) is 12.2. The SMILES string of the molecule is C=C[C@@]1(C)C[C@@H](OC(=O)CSC2C[C@@H]3C[C@H](C2)N3C)[C@]2(C)[C@H](C)CC[C@]3(CCC(=O)[C@H]32)[C@@H](C)[C@@H]1O. The second-order valence-electron chi connectivity index (χ2n) is 13.2. The molecule has 0 aromatic heterocycles. The van der Waals surface area contributed by atoms with Crippen molar-refractivity contribution in [1.29, 1.82) is 0 Å². The van der Waals surface area contributed by atoms with E-state index < -0.39 is 23.0 Å². The van der Waals surface area contributed by atoms with E-state index in [-0.39, 0.29) is 29.1 Å². The third-order valence-corrected chi connectivity index (χ3v) is 13.0. The third kappa shape index (κ3) is 3.79. The summed E-state index contributed by atoms with van der Waals surface area (Å²) in [5.74, 6) is 0.604. The van der Waals surface area contributed by atoms with Crippen LogP contribution in [0.4, 0.5) is 0 Å². The Morgan fingerprint density at radius 3 is 2.54 bits per heavy atom. The van der Waals surface area contributed by atoms with E-state index in [1.807, 2.05) is 6.08 Å². The highest BCUT2D eigenvalue weighted by Crippen LogP contribution is 2.68. The van der Waals surface area contributed by atoms with E-state index in [9.17, 15) is 14.7 Å². The highest BCUT2D eigenvalue weighted by Gasteiger charge is 2.68. The summed E-state index contributed by atoms with van der Waals surface area (Å²) in [6.07, 6.45) is 8.33. The molecule has 4 saturated carbocycles. The van der Waals surface area contributed by atoms with Crippen molar-refractivity contribution in [2.45, 2.75) is 109 Å². The Morgan fingerprint density at radius 1 is 1.23 bits per heavy atom. The fourth-order valence-electron chi connectivity index (χ4n) is 9.05. The first-order chi connectivity index (χ1) is 16.5. The largest absolute Gasteiger partial charge is 0.461 e. The van der Waals surface area contributed by atoms with Crippen molar-refractivity contribution in [2.75, 3.05) is 12.8 Å². The Labute approximate surface area is 215 Å². The summed E-state index contributed by atoms with van der Waals surface area (Å²) in [7, 11) is 2.21. The minimum Gasteiger partial charge on any atom is -0.461 e. The van der Waals surface area contributed by atoms with Crippen LogP contribution in [0.25, 0.3) is 0 Å². The zero-order valence-corrected chi connectivity index (χ0v) is 23.1. The maximum absolute atomic E-state index is 13.5. The molecule has 5 nitrogen and oxygen atoms in total. The molecule has 6 fully saturated rings. The lowest BCUT2D eigenvalue weighted by Gasteiger charge is -2.61. The maximum Gasteiger partial charge on any atom is 0.316 e. The molecule has 4 aliphatic carbocycles. The molecule has 6 heteroatoms. The van der Waals surface area contributed by atoms with E-state index in [0.717, 1.165) is 32.1 Å². The van der Waals surface area contributed by atoms with Crippen LogP contribution < -0.4 is 0 Å². The first-order valence-corrected chi connectivity index (χ1v) is 14.9. The molecule has 6 rings (SSSR count). The standard InChI is InChI=1S/C29H45NO4S/c1-7-27(4)15-23(34-24(32)16-35-21-13-19-12-20(14-21)30(19)6)28(5)17(2)8-10-29(18(3)26(27)33)11-9-22(31)25(28)29/h7,17-21,23,25-26,33H,1,8-16H2,2-6H3/t17-,18+,19-,20+,21?,23-,25+,26+,27+,28+,29+/m1/s1. The average molecular weight is 504 g/mol. The summed E-state index contributed by atoms with van der Waals surface area (Å²) in [5.41, 5.74) is -1.23. The van der Waals surface area contributed by atoms with Gasteiger partial charge in [0.05, 0.1) is 11.9 Å². The van der Waals surface area contributed by atoms with Gasteiger partial charge in [0.2, 0.25) is 0 Å². The van der Waals surface area contributed by atoms with Gasteiger partial charge in [0.1, 0.15) is 11.9 Å². The number of rotatable bonds is 5. The van der Waals surface area contributed by atoms with Gasteiger partial charge in [-0.15, -0.1) is 18.3 Å². The highest BCUT2D eigenvalue weighted by molar-refractivity contribution is 8.00. The third-order valence-electron chi connectivity index (χ3n) is 11.8. The highest BCUT2D eigenvalue weighted by atomic mass is 32.2. The molecule has 0 aromatic carbocycles. The summed E-state index contributed by atoms with van der Waals surface area (Å²) in [6.45, 7) is 12.7. The number of aliphatic hydroxyl groups is 1. The Kier molecular flexibility index (Phi) is 6.54. The molecule has 6 aliphatic rings. The number of esters is 1. The van der Waals surface area contributed by atoms with Crippen molar-refractivity contribution in [3.05, 3.63) is 12.7 Å². The van der Waals surface area contributed by atoms with E-state index in [0.29, 0.717) is 41.7 Å². The minimum absolute atomic E-state index is 0.00292. The van der Waals surface area contributed by atoms with Gasteiger partial charge in [-0.1, -0.05) is 33.8 Å². The molecular formula is C29H45NO4S. The zero-order chi connectivity index (χ0) is 25.3. The number of nitrogens with zero attached hydrogens (tertiary/aromatic N) is 1. The van der Waals surface area contributed by atoms with Gasteiger partial charge >= 0.3 is 5.97 Å². The number of thioether (sulfide) groups is 1. The predicted molar refractivity (Wildman–Crippen MR) is 140 cm³/mol. The van der Waals surface area contributed by atoms with Crippen LogP contribution in [0.2, 0.25) is 0 Å². The summed E-state index contributed by atoms with van der Waals surface area (Å²) >= 11 is 1.75. The quantitative estimate of drug-likeness (QED) is 0.427. The molecule has 0 amide bonds. The van der Waals surface area contributed by atoms with Gasteiger partial charge in [-0.25, -0.2) is 0 Å². The molecule has 1 unspecified atom stereocenters. The van der Waals surface area contributed by atoms with Crippen molar-refractivity contribution in [3.63, 3.8) is 0 Å². The van der Waals surface area contributed by atoms with Crippen molar-refractivity contribution in [1.82, 2.24) is 4.90 Å². The molecule has 0 radical (unpaired) electrons. The van der Waals surface area contributed by atoms with Gasteiger partial charge in [-0.05, 0) is 69.2 Å². The molecule has 11 atom stereocenters. The van der Waals surface area contributed by atoms with E-state index in [4.69, 9.17) is 4.74 Å². The Hall–Kier alpha value is -0.850. The maximum atomic E-state index is 13.5. The molecule has 4 bridgehead atoms. The average Bonchev–Trinajstić information content (AvgIpc) is 3.21. The molecule has 0 spiro atoms. The zero-order valence-electron chi connectivity index (χ0n) is 22.3. The van der Waals surface area contributed by atoms with E-state index in [1.54, 1.807) is 11.8 Å². The van der Waals surface area contributed by atoms with E-state index >= 15 is 0 Å². The first-order valence-electron chi connectivity index (χ1n) is 13.8. The summed E-state index contributed by atoms with van der Waals surface area (Å²) in [4.78, 5) is 29.3. The second kappa shape index (κ2) is 8.87.